The zero-order valence-corrected chi connectivity index (χ0v) is 8.60. The first kappa shape index (κ1) is 9.16. The lowest BCUT2D eigenvalue weighted by atomic mass is 10.1. The molecule has 0 saturated carbocycles. The molecule has 3 aromatic rings. The van der Waals surface area contributed by atoms with Crippen LogP contribution in [0.1, 0.15) is 0 Å². The van der Waals surface area contributed by atoms with Gasteiger partial charge in [-0.2, -0.15) is 0 Å². The number of hydrogen-bond donors (Lipinski definition) is 0. The molecule has 0 N–H and O–H groups in total. The first-order valence-corrected chi connectivity index (χ1v) is 5.16. The molecule has 0 fully saturated rings. The Labute approximate surface area is 92.8 Å². The van der Waals surface area contributed by atoms with Gasteiger partial charge in [-0.15, -0.1) is 0 Å². The summed E-state index contributed by atoms with van der Waals surface area (Å²) in [7, 11) is 0. The summed E-state index contributed by atoms with van der Waals surface area (Å²) in [6.07, 6.45) is 3.43. The summed E-state index contributed by atoms with van der Waals surface area (Å²) in [5, 5.41) is 0. The standard InChI is InChI=1S/C14H10FN/c15-13-6-7-14-8-12(9-16(14)10-13)11-4-2-1-3-5-11/h1-10H. The van der Waals surface area contributed by atoms with E-state index in [1.807, 2.05) is 36.5 Å². The highest BCUT2D eigenvalue weighted by Gasteiger charge is 2.02. The van der Waals surface area contributed by atoms with Gasteiger partial charge in [-0.1, -0.05) is 30.3 Å². The lowest BCUT2D eigenvalue weighted by Gasteiger charge is -1.94. The third-order valence-corrected chi connectivity index (χ3v) is 2.66. The summed E-state index contributed by atoms with van der Waals surface area (Å²) in [5.41, 5.74) is 3.25. The first-order chi connectivity index (χ1) is 7.83. The van der Waals surface area contributed by atoms with Crippen molar-refractivity contribution in [3.05, 3.63) is 66.7 Å². The molecule has 0 unspecified atom stereocenters. The van der Waals surface area contributed by atoms with Crippen molar-refractivity contribution < 1.29 is 4.39 Å². The molecule has 2 heterocycles. The molecule has 0 saturated heterocycles. The number of aromatic nitrogens is 1. The largest absolute Gasteiger partial charge is 0.320 e. The van der Waals surface area contributed by atoms with Gasteiger partial charge in [-0.3, -0.25) is 0 Å². The molecular formula is C14H10FN. The van der Waals surface area contributed by atoms with Gasteiger partial charge in [0.15, 0.2) is 0 Å². The Bertz CT molecular complexity index is 626. The van der Waals surface area contributed by atoms with Crippen molar-refractivity contribution in [1.82, 2.24) is 4.40 Å². The Kier molecular flexibility index (Phi) is 2.00. The molecule has 0 aliphatic carbocycles. The second-order valence-electron chi connectivity index (χ2n) is 3.77. The number of halogens is 1. The van der Waals surface area contributed by atoms with Crippen LogP contribution < -0.4 is 0 Å². The van der Waals surface area contributed by atoms with Crippen molar-refractivity contribution in [2.75, 3.05) is 0 Å². The molecule has 0 radical (unpaired) electrons. The minimum absolute atomic E-state index is 0.220. The maximum Gasteiger partial charge on any atom is 0.139 e. The van der Waals surface area contributed by atoms with E-state index in [1.165, 1.54) is 12.3 Å². The van der Waals surface area contributed by atoms with Crippen molar-refractivity contribution in [3.8, 4) is 11.1 Å². The molecule has 16 heavy (non-hydrogen) atoms. The van der Waals surface area contributed by atoms with Crippen LogP contribution in [0.4, 0.5) is 4.39 Å². The summed E-state index contributed by atoms with van der Waals surface area (Å²) in [6.45, 7) is 0. The van der Waals surface area contributed by atoms with Gasteiger partial charge in [0.05, 0.1) is 0 Å². The maximum absolute atomic E-state index is 13.0. The van der Waals surface area contributed by atoms with Crippen LogP contribution in [-0.2, 0) is 0 Å². The molecule has 1 aromatic carbocycles. The number of benzene rings is 1. The van der Waals surface area contributed by atoms with Crippen molar-refractivity contribution in [3.63, 3.8) is 0 Å². The summed E-state index contributed by atoms with van der Waals surface area (Å²) >= 11 is 0. The van der Waals surface area contributed by atoms with Gasteiger partial charge >= 0.3 is 0 Å². The quantitative estimate of drug-likeness (QED) is 0.577. The van der Waals surface area contributed by atoms with Gasteiger partial charge in [0.2, 0.25) is 0 Å². The van der Waals surface area contributed by atoms with Gasteiger partial charge in [0.1, 0.15) is 5.82 Å². The average Bonchev–Trinajstić information content (AvgIpc) is 2.73. The summed E-state index contributed by atoms with van der Waals surface area (Å²) in [5.74, 6) is -0.220. The number of rotatable bonds is 1. The minimum Gasteiger partial charge on any atom is -0.320 e. The van der Waals surface area contributed by atoms with Gasteiger partial charge in [-0.05, 0) is 23.8 Å². The smallest absolute Gasteiger partial charge is 0.139 e. The van der Waals surface area contributed by atoms with E-state index in [1.54, 1.807) is 10.5 Å². The Balaban J connectivity index is 2.19. The van der Waals surface area contributed by atoms with Crippen molar-refractivity contribution in [2.24, 2.45) is 0 Å². The lowest BCUT2D eigenvalue weighted by molar-refractivity contribution is 0.619. The molecule has 2 heteroatoms. The number of fused-ring (bicyclic) bond motifs is 1. The van der Waals surface area contributed by atoms with Crippen molar-refractivity contribution in [1.29, 1.82) is 0 Å². The molecule has 1 nitrogen and oxygen atoms in total. The van der Waals surface area contributed by atoms with E-state index in [2.05, 4.69) is 6.07 Å². The molecule has 0 spiro atoms. The average molecular weight is 211 g/mol. The maximum atomic E-state index is 13.0. The summed E-state index contributed by atoms with van der Waals surface area (Å²) in [6, 6.07) is 15.4. The highest BCUT2D eigenvalue weighted by molar-refractivity contribution is 5.70. The predicted molar refractivity (Wildman–Crippen MR) is 62.8 cm³/mol. The van der Waals surface area contributed by atoms with Crippen LogP contribution in [0.2, 0.25) is 0 Å². The van der Waals surface area contributed by atoms with E-state index < -0.39 is 0 Å². The van der Waals surface area contributed by atoms with Gasteiger partial charge in [0, 0.05) is 23.5 Å². The fraction of sp³-hybridized carbons (Fsp3) is 0. The molecule has 3 rings (SSSR count). The summed E-state index contributed by atoms with van der Waals surface area (Å²) in [4.78, 5) is 0. The number of nitrogens with zero attached hydrogens (tertiary/aromatic N) is 1. The molecule has 0 amide bonds. The Morgan fingerprint density at radius 3 is 2.44 bits per heavy atom. The van der Waals surface area contributed by atoms with Crippen LogP contribution in [-0.4, -0.2) is 4.40 Å². The highest BCUT2D eigenvalue weighted by atomic mass is 19.1. The Hall–Kier alpha value is -2.09. The molecule has 0 atom stereocenters. The lowest BCUT2D eigenvalue weighted by Crippen LogP contribution is -1.82. The van der Waals surface area contributed by atoms with E-state index in [0.717, 1.165) is 16.6 Å². The van der Waals surface area contributed by atoms with Crippen LogP contribution in [0.15, 0.2) is 60.9 Å². The highest BCUT2D eigenvalue weighted by Crippen LogP contribution is 2.22. The van der Waals surface area contributed by atoms with E-state index in [4.69, 9.17) is 0 Å². The van der Waals surface area contributed by atoms with E-state index in [-0.39, 0.29) is 5.82 Å². The molecule has 2 aromatic heterocycles. The third kappa shape index (κ3) is 1.48. The normalized spacial score (nSPS) is 10.8. The first-order valence-electron chi connectivity index (χ1n) is 5.16. The fourth-order valence-electron chi connectivity index (χ4n) is 1.87. The van der Waals surface area contributed by atoms with E-state index >= 15 is 0 Å². The van der Waals surface area contributed by atoms with Gasteiger partial charge < -0.3 is 4.40 Å². The van der Waals surface area contributed by atoms with Gasteiger partial charge in [-0.25, -0.2) is 4.39 Å². The number of pyridine rings is 1. The van der Waals surface area contributed by atoms with Crippen molar-refractivity contribution >= 4 is 5.52 Å². The predicted octanol–water partition coefficient (Wildman–Crippen LogP) is 3.75. The zero-order chi connectivity index (χ0) is 11.0. The molecular weight excluding hydrogens is 201 g/mol. The summed E-state index contributed by atoms with van der Waals surface area (Å²) < 4.78 is 14.8. The topological polar surface area (TPSA) is 4.41 Å². The van der Waals surface area contributed by atoms with Crippen LogP contribution >= 0.6 is 0 Å². The minimum atomic E-state index is -0.220. The Morgan fingerprint density at radius 2 is 1.62 bits per heavy atom. The van der Waals surface area contributed by atoms with E-state index in [9.17, 15) is 4.39 Å². The monoisotopic (exact) mass is 211 g/mol. The number of hydrogen-bond acceptors (Lipinski definition) is 0. The van der Waals surface area contributed by atoms with Crippen LogP contribution in [0, 0.1) is 5.82 Å². The van der Waals surface area contributed by atoms with Crippen molar-refractivity contribution in [2.45, 2.75) is 0 Å². The SMILES string of the molecule is Fc1ccc2cc(-c3ccccc3)cn2c1. The van der Waals surface area contributed by atoms with Gasteiger partial charge in [0.25, 0.3) is 0 Å². The fourth-order valence-corrected chi connectivity index (χ4v) is 1.87. The van der Waals surface area contributed by atoms with E-state index in [0.29, 0.717) is 0 Å². The molecule has 0 aliphatic rings. The van der Waals surface area contributed by atoms with Crippen LogP contribution in [0.25, 0.3) is 16.6 Å². The second kappa shape index (κ2) is 3.49. The molecule has 78 valence electrons. The van der Waals surface area contributed by atoms with Crippen LogP contribution in [0.5, 0.6) is 0 Å². The molecule has 0 aliphatic heterocycles. The third-order valence-electron chi connectivity index (χ3n) is 2.66. The Morgan fingerprint density at radius 1 is 0.812 bits per heavy atom. The molecule has 0 bridgehead atoms. The second-order valence-corrected chi connectivity index (χ2v) is 3.77. The zero-order valence-electron chi connectivity index (χ0n) is 8.60. The van der Waals surface area contributed by atoms with Crippen LogP contribution in [0.3, 0.4) is 0 Å².